The zero-order valence-electron chi connectivity index (χ0n) is 82.6. The molecule has 0 bridgehead atoms. The minimum Gasteiger partial charge on any atom is -0.492 e. The number of rotatable bonds is 57. The first kappa shape index (κ1) is 121. The molecule has 8 rings (SSSR count). The maximum atomic E-state index is 12.2. The number of carbonyl (C=O) groups excluding carboxylic acids is 9. The van der Waals surface area contributed by atoms with Gasteiger partial charge in [0.05, 0.1) is 117 Å². The van der Waals surface area contributed by atoms with Gasteiger partial charge in [-0.25, -0.2) is 28.8 Å². The average Bonchev–Trinajstić information content (AvgIpc) is 1.58. The van der Waals surface area contributed by atoms with Gasteiger partial charge in [-0.2, -0.15) is 0 Å². The molecule has 782 valence electrons. The second kappa shape index (κ2) is 61.4. The molecular formula is C98H108N18O28S4. The van der Waals surface area contributed by atoms with E-state index in [1.165, 1.54) is 32.9 Å². The van der Waals surface area contributed by atoms with Crippen molar-refractivity contribution in [3.05, 3.63) is 318 Å². The Morgan fingerprint density at radius 2 is 0.608 bits per heavy atom. The number of hydrogen-bond donors (Lipinski definition) is 1. The van der Waals surface area contributed by atoms with Crippen LogP contribution in [0.1, 0.15) is 100 Å². The molecule has 0 aliphatic rings. The number of azo groups is 4. The Hall–Kier alpha value is -17.6. The highest BCUT2D eigenvalue weighted by Crippen LogP contribution is 2.44. The van der Waals surface area contributed by atoms with E-state index in [0.717, 1.165) is 81.2 Å². The summed E-state index contributed by atoms with van der Waals surface area (Å²) in [5.41, 5.74) is 7.56. The smallest absolute Gasteiger partial charge is 0.341 e. The van der Waals surface area contributed by atoms with Crippen LogP contribution in [0.5, 0.6) is 0 Å². The van der Waals surface area contributed by atoms with Crippen LogP contribution in [-0.4, -0.2) is 190 Å². The number of nitrogens with one attached hydrogen (secondary N) is 1. The number of hydrogen-bond acceptors (Lipinski definition) is 44. The molecule has 0 saturated heterocycles. The number of thiophene rings is 4. The molecule has 46 nitrogen and oxygen atoms in total. The minimum atomic E-state index is -0.746. The van der Waals surface area contributed by atoms with E-state index in [0.29, 0.717) is 144 Å². The fourth-order valence-corrected chi connectivity index (χ4v) is 14.5. The van der Waals surface area contributed by atoms with Crippen LogP contribution in [0, 0.1) is 50.6 Å². The highest BCUT2D eigenvalue weighted by atomic mass is 32.1. The summed E-state index contributed by atoms with van der Waals surface area (Å²) in [4.78, 5) is 165. The molecule has 148 heavy (non-hydrogen) atoms. The summed E-state index contributed by atoms with van der Waals surface area (Å²) < 4.78 is 47.5. The third-order valence-corrected chi connectivity index (χ3v) is 22.9. The number of ketones is 2. The molecule has 0 radical (unpaired) electrons. The van der Waals surface area contributed by atoms with Crippen LogP contribution >= 0.6 is 45.3 Å². The highest BCUT2D eigenvalue weighted by Gasteiger charge is 2.29. The first-order valence-electron chi connectivity index (χ1n) is 43.9. The zero-order valence-corrected chi connectivity index (χ0v) is 85.9. The lowest BCUT2D eigenvalue weighted by Gasteiger charge is -2.25. The molecule has 0 unspecified atom stereocenters. The summed E-state index contributed by atoms with van der Waals surface area (Å²) in [6.45, 7) is 60.3. The van der Waals surface area contributed by atoms with Gasteiger partial charge < -0.3 is 67.5 Å². The quantitative estimate of drug-likeness (QED) is 0.00426. The lowest BCUT2D eigenvalue weighted by Crippen LogP contribution is -2.32. The van der Waals surface area contributed by atoms with E-state index >= 15 is 0 Å². The highest BCUT2D eigenvalue weighted by molar-refractivity contribution is 7.20. The minimum absolute atomic E-state index is 0.00215. The molecule has 4 aromatic heterocycles. The molecule has 8 aromatic rings. The largest absolute Gasteiger partial charge is 0.492 e. The predicted octanol–water partition coefficient (Wildman–Crippen LogP) is 23.1. The molecule has 0 spiro atoms. The third kappa shape index (κ3) is 41.4. The molecule has 0 atom stereocenters. The van der Waals surface area contributed by atoms with Crippen LogP contribution in [0.25, 0.3) is 0 Å². The number of nitro groups is 5. The van der Waals surface area contributed by atoms with Crippen molar-refractivity contribution in [1.29, 1.82) is 0 Å². The normalized spacial score (nSPS) is 10.6. The van der Waals surface area contributed by atoms with Crippen molar-refractivity contribution in [3.8, 4) is 0 Å². The Bertz CT molecular complexity index is 6140. The Balaban J connectivity index is 0.000000347. The molecular weight excluding hydrogens is 2010 g/mol. The molecule has 0 saturated carbocycles. The SMILES string of the molecule is C=C(C)C(=C)OCCN(CCOC(=O)C(=C)C)c1ccc(N=Nc2sc([N+](=O)[O-])cc2C(=O)OCC)cc1.C=C(C)C(=C)OCCN(CCOC(=O)C(=C)C)c1ccc(N=Nc2sc([N+](=O)[O-])cc2C(C)=O)cc1.C=C(C)C(=C)OCCN(CCOC(=O)C(=C)C)c1ccc(N=Nc2sc([N+](=O)[O-])cc2[N+](=O)[O-])cc1.C=CC(=O)OCCN(CCOC(=O)C=C)c1ccc(N=Nc2sc([N+](=O)[O-])cc2C(C)=O)c(NC(C)=O)c1. The average molecular weight is 2110 g/mol. The van der Waals surface area contributed by atoms with E-state index in [4.69, 9.17) is 42.6 Å². The van der Waals surface area contributed by atoms with E-state index in [1.807, 2.05) is 26.8 Å². The van der Waals surface area contributed by atoms with Crippen LogP contribution in [0.4, 0.5) is 96.9 Å². The summed E-state index contributed by atoms with van der Waals surface area (Å²) in [7, 11) is 0. The summed E-state index contributed by atoms with van der Waals surface area (Å²) in [6.07, 6.45) is 2.06. The van der Waals surface area contributed by atoms with Crippen molar-refractivity contribution >= 4 is 196 Å². The number of carbonyl (C=O) groups is 9. The van der Waals surface area contributed by atoms with E-state index in [2.05, 4.69) is 119 Å². The summed E-state index contributed by atoms with van der Waals surface area (Å²) in [5.74, 6) is -3.00. The summed E-state index contributed by atoms with van der Waals surface area (Å²) in [6, 6.07) is 29.9. The monoisotopic (exact) mass is 2110 g/mol. The van der Waals surface area contributed by atoms with Crippen LogP contribution in [0.3, 0.4) is 0 Å². The molecule has 50 heteroatoms. The maximum absolute atomic E-state index is 12.2. The number of benzene rings is 4. The number of esters is 6. The van der Waals surface area contributed by atoms with Gasteiger partial charge in [-0.15, -0.1) is 40.9 Å². The Morgan fingerprint density at radius 3 is 0.899 bits per heavy atom. The van der Waals surface area contributed by atoms with E-state index in [9.17, 15) is 93.7 Å². The number of amides is 1. The number of nitrogens with zero attached hydrogens (tertiary/aromatic N) is 17. The van der Waals surface area contributed by atoms with E-state index in [1.54, 1.807) is 126 Å². The maximum Gasteiger partial charge on any atom is 0.341 e. The number of allylic oxidation sites excluding steroid dienone is 3. The van der Waals surface area contributed by atoms with E-state index in [-0.39, 0.29) is 122 Å². The fraction of sp³-hybridized carbons (Fsp3) is 0.276. The Morgan fingerprint density at radius 1 is 0.331 bits per heavy atom. The molecule has 0 fully saturated rings. The number of anilines is 5. The number of Topliss-reactive ketones (excluding diaryl/α,β-unsaturated/α-hetero) is 2. The number of ether oxygens (including phenoxy) is 9. The van der Waals surface area contributed by atoms with Crippen molar-refractivity contribution in [2.75, 3.05) is 137 Å². The first-order valence-corrected chi connectivity index (χ1v) is 47.2. The molecule has 4 aromatic carbocycles. The van der Waals surface area contributed by atoms with Gasteiger partial charge in [-0.3, -0.25) is 65.0 Å². The van der Waals surface area contributed by atoms with Crippen LogP contribution < -0.4 is 24.9 Å². The summed E-state index contributed by atoms with van der Waals surface area (Å²) >= 11 is 2.78. The van der Waals surface area contributed by atoms with Crippen LogP contribution in [-0.2, 0) is 71.4 Å². The van der Waals surface area contributed by atoms with Gasteiger partial charge in [0.15, 0.2) is 26.6 Å². The standard InChI is InChI=1S/C26H30N4O7S.C25H28N4O6S.C24H25N5O8S.C23H25N5O7S/c1-7-35-26(32)22-16-23(30(33)34)38-24(22)28-27-20-8-10-21(11-9-20)29(12-14-36-19(6)17(2)3)13-15-37-25(31)18(4)5;1-16(2)19(6)34-13-11-28(12-14-35-25(31)17(3)4)21-9-7-20(8-10-21)26-27-24-22(18(5)30)15-23(36-24)29(32)33;1-5-22(32)36-11-9-28(10-12-37-23(33)6-2)17-7-8-19(20(13-17)25-16(4)31)26-27-24-18(15(3)30)14-21(38-24)29(34)35;1-15(2)17(5)34-12-10-26(11-13-35-23(29)16(3)4)19-8-6-18(7-9-19)24-25-22-20(27(30)31)14-21(36-22)28(32)33/h8-11,16H,2,4,6-7,12-15H2,1,3,5H3;7-10,15H,1,3,6,11-14H2,2,4-5H3;5-8,13-14H,1-2,9-12H2,3-4H3,(H,25,31);6-9,14H,1,3,5,10-13H2,2,4H3. The van der Waals surface area contributed by atoms with Crippen LogP contribution in [0.15, 0.2) is 291 Å². The van der Waals surface area contributed by atoms with Gasteiger partial charge in [0.2, 0.25) is 10.9 Å². The molecule has 0 aliphatic carbocycles. The molecule has 4 heterocycles. The van der Waals surface area contributed by atoms with Gasteiger partial charge >= 0.3 is 61.5 Å². The van der Waals surface area contributed by atoms with Crippen molar-refractivity contribution in [2.24, 2.45) is 40.9 Å². The fourth-order valence-electron chi connectivity index (χ4n) is 11.2. The first-order chi connectivity index (χ1) is 70.1. The molecule has 1 amide bonds. The Labute approximate surface area is 865 Å². The van der Waals surface area contributed by atoms with Gasteiger partial charge in [-0.05, 0) is 215 Å². The molecule has 0 aliphatic heterocycles. The van der Waals surface area contributed by atoms with Gasteiger partial charge in [0.1, 0.15) is 87.4 Å². The van der Waals surface area contributed by atoms with Gasteiger partial charge in [0, 0.05) is 76.7 Å². The lowest BCUT2D eigenvalue weighted by molar-refractivity contribution is -0.389. The summed E-state index contributed by atoms with van der Waals surface area (Å²) in [5, 5.41) is 89.3. The van der Waals surface area contributed by atoms with Crippen molar-refractivity contribution in [3.63, 3.8) is 0 Å². The lowest BCUT2D eigenvalue weighted by atomic mass is 10.2. The van der Waals surface area contributed by atoms with E-state index < -0.39 is 82.8 Å². The second-order valence-corrected chi connectivity index (χ2v) is 34.7. The zero-order chi connectivity index (χ0) is 110. The predicted molar refractivity (Wildman–Crippen MR) is 561 cm³/mol. The topological polar surface area (TPSA) is 576 Å². The van der Waals surface area contributed by atoms with Gasteiger partial charge in [-0.1, -0.05) is 72.4 Å². The third-order valence-electron chi connectivity index (χ3n) is 19.0. The van der Waals surface area contributed by atoms with Crippen molar-refractivity contribution in [1.82, 2.24) is 0 Å². The Kier molecular flexibility index (Phi) is 50.2. The second-order valence-electron chi connectivity index (χ2n) is 30.6. The molecule has 1 N–H and O–H groups in total. The van der Waals surface area contributed by atoms with Crippen LogP contribution in [0.2, 0.25) is 0 Å². The van der Waals surface area contributed by atoms with Gasteiger partial charge in [0.25, 0.3) is 0 Å². The van der Waals surface area contributed by atoms with Crippen molar-refractivity contribution < 1.29 is 110 Å². The van der Waals surface area contributed by atoms with Crippen molar-refractivity contribution in [2.45, 2.75) is 69.2 Å².